The first-order chi connectivity index (χ1) is 12.7. The molecule has 2 N–H and O–H groups in total. The summed E-state index contributed by atoms with van der Waals surface area (Å²) >= 11 is 0. The summed E-state index contributed by atoms with van der Waals surface area (Å²) in [5.41, 5.74) is 1.69. The molecular weight excluding hydrogens is 364 g/mol. The summed E-state index contributed by atoms with van der Waals surface area (Å²) in [6.07, 6.45) is 4.60. The minimum atomic E-state index is -3.34. The van der Waals surface area contributed by atoms with E-state index in [1.807, 2.05) is 30.3 Å². The highest BCUT2D eigenvalue weighted by atomic mass is 32.2. The van der Waals surface area contributed by atoms with Gasteiger partial charge in [0.1, 0.15) is 0 Å². The lowest BCUT2D eigenvalue weighted by atomic mass is 10.2. The van der Waals surface area contributed by atoms with Gasteiger partial charge in [-0.15, -0.1) is 0 Å². The predicted octanol–water partition coefficient (Wildman–Crippen LogP) is 2.97. The highest BCUT2D eigenvalue weighted by molar-refractivity contribution is 7.90. The third kappa shape index (κ3) is 6.41. The van der Waals surface area contributed by atoms with E-state index in [-0.39, 0.29) is 5.91 Å². The zero-order chi connectivity index (χ0) is 19.9. The number of hydrogen-bond acceptors (Lipinski definition) is 5. The molecule has 7 nitrogen and oxygen atoms in total. The number of rotatable bonds is 8. The average Bonchev–Trinajstić information content (AvgIpc) is 2.62. The molecule has 8 heteroatoms. The molecule has 1 aromatic heterocycles. The van der Waals surface area contributed by atoms with Crippen LogP contribution in [0.4, 0.5) is 5.82 Å². The zero-order valence-electron chi connectivity index (χ0n) is 15.9. The number of aromatic nitrogens is 2. The van der Waals surface area contributed by atoms with Crippen LogP contribution in [0.5, 0.6) is 0 Å². The molecule has 1 heterocycles. The SMILES string of the molecule is CC(C)(C)S(=O)(=O)NCCCCC(=O)Nc1cnc(-c2ccccc2)cn1. The Hall–Kier alpha value is -2.32. The van der Waals surface area contributed by atoms with Crippen molar-refractivity contribution >= 4 is 21.7 Å². The fraction of sp³-hybridized carbons (Fsp3) is 0.421. The van der Waals surface area contributed by atoms with E-state index in [4.69, 9.17) is 0 Å². The number of unbranched alkanes of at least 4 members (excludes halogenated alkanes) is 1. The van der Waals surface area contributed by atoms with Crippen LogP contribution in [0.3, 0.4) is 0 Å². The van der Waals surface area contributed by atoms with Crippen LogP contribution in [-0.4, -0.2) is 35.6 Å². The van der Waals surface area contributed by atoms with Crippen LogP contribution < -0.4 is 10.0 Å². The van der Waals surface area contributed by atoms with Crippen LogP contribution in [0.2, 0.25) is 0 Å². The van der Waals surface area contributed by atoms with Gasteiger partial charge in [-0.3, -0.25) is 9.78 Å². The van der Waals surface area contributed by atoms with Crippen LogP contribution in [0.15, 0.2) is 42.7 Å². The quantitative estimate of drug-likeness (QED) is 0.675. The van der Waals surface area contributed by atoms with E-state index in [2.05, 4.69) is 20.0 Å². The number of carbonyl (C=O) groups excluding carboxylic acids is 1. The van der Waals surface area contributed by atoms with Crippen LogP contribution >= 0.6 is 0 Å². The third-order valence-electron chi connectivity index (χ3n) is 3.92. The second-order valence-electron chi connectivity index (χ2n) is 7.17. The van der Waals surface area contributed by atoms with Gasteiger partial charge in [0.15, 0.2) is 5.82 Å². The van der Waals surface area contributed by atoms with Crippen LogP contribution in [0.1, 0.15) is 40.0 Å². The molecule has 1 aromatic carbocycles. The highest BCUT2D eigenvalue weighted by Crippen LogP contribution is 2.16. The molecule has 2 rings (SSSR count). The van der Waals surface area contributed by atoms with Gasteiger partial charge in [0.05, 0.1) is 22.8 Å². The summed E-state index contributed by atoms with van der Waals surface area (Å²) in [6, 6.07) is 9.66. The summed E-state index contributed by atoms with van der Waals surface area (Å²) in [6.45, 7) is 5.26. The largest absolute Gasteiger partial charge is 0.309 e. The van der Waals surface area contributed by atoms with Crippen LogP contribution in [0.25, 0.3) is 11.3 Å². The van der Waals surface area contributed by atoms with Crippen molar-refractivity contribution in [3.05, 3.63) is 42.7 Å². The Balaban J connectivity index is 1.73. The number of amides is 1. The second-order valence-corrected chi connectivity index (χ2v) is 9.69. The van der Waals surface area contributed by atoms with Crippen molar-refractivity contribution in [3.8, 4) is 11.3 Å². The second kappa shape index (κ2) is 9.05. The minimum Gasteiger partial charge on any atom is -0.309 e. The van der Waals surface area contributed by atoms with Gasteiger partial charge in [0, 0.05) is 18.5 Å². The summed E-state index contributed by atoms with van der Waals surface area (Å²) < 4.78 is 25.6. The number of nitrogens with one attached hydrogen (secondary N) is 2. The van der Waals surface area contributed by atoms with Crippen molar-refractivity contribution < 1.29 is 13.2 Å². The molecule has 0 spiro atoms. The first kappa shape index (κ1) is 21.0. The van der Waals surface area contributed by atoms with E-state index in [9.17, 15) is 13.2 Å². The highest BCUT2D eigenvalue weighted by Gasteiger charge is 2.27. The molecule has 0 aliphatic heterocycles. The minimum absolute atomic E-state index is 0.171. The molecule has 0 saturated heterocycles. The Bertz CT molecular complexity index is 845. The van der Waals surface area contributed by atoms with Crippen molar-refractivity contribution in [1.29, 1.82) is 0 Å². The lowest BCUT2D eigenvalue weighted by Gasteiger charge is -2.19. The van der Waals surface area contributed by atoms with E-state index in [0.717, 1.165) is 11.3 Å². The third-order valence-corrected chi connectivity index (χ3v) is 6.11. The Kier molecular flexibility index (Phi) is 7.04. The molecule has 146 valence electrons. The fourth-order valence-corrected chi connectivity index (χ4v) is 3.04. The zero-order valence-corrected chi connectivity index (χ0v) is 16.7. The maximum atomic E-state index is 12.0. The van der Waals surface area contributed by atoms with Gasteiger partial charge < -0.3 is 5.32 Å². The normalized spacial score (nSPS) is 12.0. The molecule has 0 aliphatic rings. The molecule has 0 atom stereocenters. The van der Waals surface area contributed by atoms with Crippen molar-refractivity contribution in [2.75, 3.05) is 11.9 Å². The molecule has 0 radical (unpaired) electrons. The Morgan fingerprint density at radius 3 is 2.33 bits per heavy atom. The Labute approximate surface area is 160 Å². The molecule has 0 saturated carbocycles. The van der Waals surface area contributed by atoms with E-state index in [1.54, 1.807) is 27.0 Å². The van der Waals surface area contributed by atoms with Crippen molar-refractivity contribution in [2.24, 2.45) is 0 Å². The lowest BCUT2D eigenvalue weighted by Crippen LogP contribution is -2.39. The number of benzene rings is 1. The number of sulfonamides is 1. The van der Waals surface area contributed by atoms with Crippen LogP contribution in [0, 0.1) is 0 Å². The smallest absolute Gasteiger partial charge is 0.225 e. The molecule has 0 aliphatic carbocycles. The number of carbonyl (C=O) groups is 1. The Morgan fingerprint density at radius 2 is 1.74 bits per heavy atom. The lowest BCUT2D eigenvalue weighted by molar-refractivity contribution is -0.116. The standard InChI is InChI=1S/C19H26N4O3S/c1-19(2,3)27(25,26)22-12-8-7-11-18(24)23-17-14-20-16(13-21-17)15-9-5-4-6-10-15/h4-6,9-10,13-14,22H,7-8,11-12H2,1-3H3,(H,21,23,24). The first-order valence-corrected chi connectivity index (χ1v) is 10.3. The molecule has 0 unspecified atom stereocenters. The van der Waals surface area contributed by atoms with Gasteiger partial charge in [-0.1, -0.05) is 30.3 Å². The monoisotopic (exact) mass is 390 g/mol. The topological polar surface area (TPSA) is 101 Å². The summed E-state index contributed by atoms with van der Waals surface area (Å²) in [5, 5.41) is 2.70. The molecule has 1 amide bonds. The van der Waals surface area contributed by atoms with Crippen molar-refractivity contribution in [2.45, 2.75) is 44.8 Å². The average molecular weight is 391 g/mol. The van der Waals surface area contributed by atoms with E-state index in [1.165, 1.54) is 6.20 Å². The maximum Gasteiger partial charge on any atom is 0.225 e. The number of hydrogen-bond donors (Lipinski definition) is 2. The maximum absolute atomic E-state index is 12.0. The number of anilines is 1. The molecular formula is C19H26N4O3S. The Morgan fingerprint density at radius 1 is 1.04 bits per heavy atom. The van der Waals surface area contributed by atoms with Gasteiger partial charge in [0.25, 0.3) is 0 Å². The van der Waals surface area contributed by atoms with E-state index < -0.39 is 14.8 Å². The van der Waals surface area contributed by atoms with Gasteiger partial charge in [-0.2, -0.15) is 0 Å². The number of nitrogens with zero attached hydrogens (tertiary/aromatic N) is 2. The molecule has 0 fully saturated rings. The molecule has 0 bridgehead atoms. The predicted molar refractivity (Wildman–Crippen MR) is 107 cm³/mol. The van der Waals surface area contributed by atoms with E-state index in [0.29, 0.717) is 31.6 Å². The van der Waals surface area contributed by atoms with Crippen molar-refractivity contribution in [3.63, 3.8) is 0 Å². The van der Waals surface area contributed by atoms with Gasteiger partial charge >= 0.3 is 0 Å². The summed E-state index contributed by atoms with van der Waals surface area (Å²) in [5.74, 6) is 0.226. The molecule has 2 aromatic rings. The van der Waals surface area contributed by atoms with Crippen molar-refractivity contribution in [1.82, 2.24) is 14.7 Å². The summed E-state index contributed by atoms with van der Waals surface area (Å²) in [4.78, 5) is 20.5. The van der Waals surface area contributed by atoms with Gasteiger partial charge in [-0.05, 0) is 33.6 Å². The summed E-state index contributed by atoms with van der Waals surface area (Å²) in [7, 11) is -3.34. The fourth-order valence-electron chi connectivity index (χ4n) is 2.19. The van der Waals surface area contributed by atoms with E-state index >= 15 is 0 Å². The first-order valence-electron chi connectivity index (χ1n) is 8.85. The van der Waals surface area contributed by atoms with Crippen LogP contribution in [-0.2, 0) is 14.8 Å². The molecule has 27 heavy (non-hydrogen) atoms. The van der Waals surface area contributed by atoms with Gasteiger partial charge in [0.2, 0.25) is 15.9 Å². The van der Waals surface area contributed by atoms with Gasteiger partial charge in [-0.25, -0.2) is 18.1 Å².